The molecule has 2 amide bonds. The van der Waals surface area contributed by atoms with E-state index in [0.717, 1.165) is 28.2 Å². The molecule has 11 heteroatoms. The normalized spacial score (nSPS) is 17.3. The Labute approximate surface area is 225 Å². The number of hydrogen-bond donors (Lipinski definition) is 2. The van der Waals surface area contributed by atoms with Gasteiger partial charge in [-0.25, -0.2) is 14.5 Å². The van der Waals surface area contributed by atoms with E-state index in [9.17, 15) is 9.18 Å². The second-order valence-corrected chi connectivity index (χ2v) is 9.28. The first-order chi connectivity index (χ1) is 18.9. The summed E-state index contributed by atoms with van der Waals surface area (Å²) in [6.45, 7) is 5.17. The topological polar surface area (TPSA) is 106 Å². The van der Waals surface area contributed by atoms with Crippen LogP contribution in [0.1, 0.15) is 22.9 Å². The zero-order valence-electron chi connectivity index (χ0n) is 22.0. The number of benzene rings is 1. The van der Waals surface area contributed by atoms with Crippen molar-refractivity contribution < 1.29 is 18.8 Å². The SMILES string of the molecule is COCCN1C[C@@H](NC(=O)Nc2c(C)c(-c3ccnc(C)c3)nn2-c2ccccc2)[C@H](c2ccnc(F)c2)O1. The fraction of sp³-hybridized carbons (Fsp3) is 0.286. The number of urea groups is 1. The van der Waals surface area contributed by atoms with E-state index in [1.807, 2.05) is 56.3 Å². The van der Waals surface area contributed by atoms with Gasteiger partial charge in [-0.1, -0.05) is 18.2 Å². The smallest absolute Gasteiger partial charge is 0.320 e. The maximum atomic E-state index is 13.9. The van der Waals surface area contributed by atoms with Gasteiger partial charge < -0.3 is 10.1 Å². The molecule has 3 aromatic heterocycles. The summed E-state index contributed by atoms with van der Waals surface area (Å²) in [5.41, 5.74) is 4.68. The molecular formula is C28H30FN7O3. The third-order valence-corrected chi connectivity index (χ3v) is 6.49. The van der Waals surface area contributed by atoms with E-state index < -0.39 is 24.1 Å². The number of nitrogens with one attached hydrogen (secondary N) is 2. The molecule has 2 N–H and O–H groups in total. The van der Waals surface area contributed by atoms with Gasteiger partial charge >= 0.3 is 6.03 Å². The monoisotopic (exact) mass is 531 g/mol. The zero-order chi connectivity index (χ0) is 27.4. The van der Waals surface area contributed by atoms with Gasteiger partial charge in [0.15, 0.2) is 0 Å². The van der Waals surface area contributed by atoms with Crippen LogP contribution in [0.3, 0.4) is 0 Å². The van der Waals surface area contributed by atoms with Gasteiger partial charge in [0.05, 0.1) is 24.0 Å². The van der Waals surface area contributed by atoms with Crippen LogP contribution in [0.2, 0.25) is 0 Å². The van der Waals surface area contributed by atoms with Crippen LogP contribution in [0.5, 0.6) is 0 Å². The predicted octanol–water partition coefficient (Wildman–Crippen LogP) is 4.21. The number of hydrogen-bond acceptors (Lipinski definition) is 7. The van der Waals surface area contributed by atoms with E-state index in [1.165, 1.54) is 12.3 Å². The Hall–Kier alpha value is -4.19. The number of carbonyl (C=O) groups is 1. The van der Waals surface area contributed by atoms with Gasteiger partial charge in [0.1, 0.15) is 11.9 Å². The van der Waals surface area contributed by atoms with Crippen LogP contribution in [0, 0.1) is 19.8 Å². The Morgan fingerprint density at radius 3 is 2.67 bits per heavy atom. The zero-order valence-corrected chi connectivity index (χ0v) is 22.0. The highest BCUT2D eigenvalue weighted by atomic mass is 19.1. The van der Waals surface area contributed by atoms with Crippen LogP contribution in [0.15, 0.2) is 67.0 Å². The first-order valence-electron chi connectivity index (χ1n) is 12.6. The maximum Gasteiger partial charge on any atom is 0.320 e. The first-order valence-corrected chi connectivity index (χ1v) is 12.6. The Kier molecular flexibility index (Phi) is 7.92. The van der Waals surface area contributed by atoms with Crippen molar-refractivity contribution in [3.05, 3.63) is 89.8 Å². The van der Waals surface area contributed by atoms with Crippen LogP contribution in [0.4, 0.5) is 15.0 Å². The molecule has 0 unspecified atom stereocenters. The summed E-state index contributed by atoms with van der Waals surface area (Å²) in [4.78, 5) is 27.4. The summed E-state index contributed by atoms with van der Waals surface area (Å²) in [5.74, 6) is -0.0827. The van der Waals surface area contributed by atoms with E-state index in [2.05, 4.69) is 20.6 Å². The van der Waals surface area contributed by atoms with Crippen molar-refractivity contribution in [2.45, 2.75) is 26.0 Å². The molecule has 0 aliphatic carbocycles. The summed E-state index contributed by atoms with van der Waals surface area (Å²) in [7, 11) is 1.61. The van der Waals surface area contributed by atoms with E-state index in [1.54, 1.807) is 29.1 Å². The molecule has 0 radical (unpaired) electrons. The van der Waals surface area contributed by atoms with Gasteiger partial charge in [-0.2, -0.15) is 14.6 Å². The molecule has 4 aromatic rings. The number of nitrogens with zero attached hydrogens (tertiary/aromatic N) is 5. The van der Waals surface area contributed by atoms with Crippen molar-refractivity contribution >= 4 is 11.8 Å². The predicted molar refractivity (Wildman–Crippen MR) is 144 cm³/mol. The fourth-order valence-electron chi connectivity index (χ4n) is 4.62. The maximum absolute atomic E-state index is 13.9. The number of halogens is 1. The van der Waals surface area contributed by atoms with Gasteiger partial charge in [0.2, 0.25) is 5.95 Å². The summed E-state index contributed by atoms with van der Waals surface area (Å²) in [6.07, 6.45) is 2.52. The minimum Gasteiger partial charge on any atom is -0.383 e. The number of aryl methyl sites for hydroxylation is 1. The molecule has 1 aliphatic rings. The number of ether oxygens (including phenoxy) is 1. The quantitative estimate of drug-likeness (QED) is 0.328. The van der Waals surface area contributed by atoms with Crippen molar-refractivity contribution in [1.82, 2.24) is 30.1 Å². The standard InChI is InChI=1S/C28H30FN7O3/c1-18-15-20(9-11-30-18)25-19(2)27(36(34-25)22-7-5-4-6-8-22)33-28(37)32-23-17-35(13-14-38-3)39-26(23)21-10-12-31-24(29)16-21/h4-12,15-16,23,26H,13-14,17H2,1-3H3,(H2,32,33,37)/t23-,26+/m1/s1. The molecule has 0 saturated carbocycles. The van der Waals surface area contributed by atoms with E-state index in [-0.39, 0.29) is 0 Å². The Morgan fingerprint density at radius 2 is 1.92 bits per heavy atom. The first kappa shape index (κ1) is 26.4. The number of hydroxylamine groups is 2. The number of pyridine rings is 2. The van der Waals surface area contributed by atoms with Gasteiger partial charge in [-0.3, -0.25) is 15.1 Å². The average Bonchev–Trinajstić information content (AvgIpc) is 3.48. The Bertz CT molecular complexity index is 1450. The fourth-order valence-corrected chi connectivity index (χ4v) is 4.62. The number of para-hydroxylation sites is 1. The van der Waals surface area contributed by atoms with Gasteiger partial charge in [0.25, 0.3) is 0 Å². The molecule has 4 heterocycles. The van der Waals surface area contributed by atoms with Gasteiger partial charge in [-0.15, -0.1) is 0 Å². The van der Waals surface area contributed by atoms with Crippen LogP contribution in [-0.4, -0.2) is 63.7 Å². The second-order valence-electron chi connectivity index (χ2n) is 9.28. The molecule has 1 aromatic carbocycles. The second kappa shape index (κ2) is 11.7. The number of rotatable bonds is 8. The summed E-state index contributed by atoms with van der Waals surface area (Å²) in [5, 5.41) is 12.6. The lowest BCUT2D eigenvalue weighted by molar-refractivity contribution is -0.154. The molecule has 10 nitrogen and oxygen atoms in total. The van der Waals surface area contributed by atoms with Crippen LogP contribution in [-0.2, 0) is 9.57 Å². The number of aromatic nitrogens is 4. The molecule has 1 aliphatic heterocycles. The molecule has 202 valence electrons. The molecule has 5 rings (SSSR count). The van der Waals surface area contributed by atoms with Crippen molar-refractivity contribution in [3.8, 4) is 16.9 Å². The van der Waals surface area contributed by atoms with Crippen LogP contribution < -0.4 is 10.6 Å². The van der Waals surface area contributed by atoms with Gasteiger partial charge in [0, 0.05) is 49.4 Å². The average molecular weight is 532 g/mol. The third-order valence-electron chi connectivity index (χ3n) is 6.49. The molecule has 0 spiro atoms. The van der Waals surface area contributed by atoms with E-state index in [4.69, 9.17) is 14.7 Å². The largest absolute Gasteiger partial charge is 0.383 e. The molecule has 0 bridgehead atoms. The van der Waals surface area contributed by atoms with Crippen molar-refractivity contribution in [2.24, 2.45) is 0 Å². The van der Waals surface area contributed by atoms with Crippen molar-refractivity contribution in [2.75, 3.05) is 32.1 Å². The Balaban J connectivity index is 1.43. The summed E-state index contributed by atoms with van der Waals surface area (Å²) in [6, 6.07) is 15.5. The molecular weight excluding hydrogens is 501 g/mol. The highest BCUT2D eigenvalue weighted by molar-refractivity contribution is 5.91. The lowest BCUT2D eigenvalue weighted by Gasteiger charge is -2.19. The third kappa shape index (κ3) is 5.95. The van der Waals surface area contributed by atoms with Crippen LogP contribution in [0.25, 0.3) is 16.9 Å². The highest BCUT2D eigenvalue weighted by Crippen LogP contribution is 2.32. The number of anilines is 1. The summed E-state index contributed by atoms with van der Waals surface area (Å²) < 4.78 is 20.8. The van der Waals surface area contributed by atoms with E-state index >= 15 is 0 Å². The molecule has 39 heavy (non-hydrogen) atoms. The summed E-state index contributed by atoms with van der Waals surface area (Å²) >= 11 is 0. The lowest BCUT2D eigenvalue weighted by atomic mass is 10.0. The van der Waals surface area contributed by atoms with Crippen molar-refractivity contribution in [3.63, 3.8) is 0 Å². The number of methoxy groups -OCH3 is 1. The minimum atomic E-state index is -0.615. The number of carbonyl (C=O) groups excluding carboxylic acids is 1. The molecule has 1 saturated heterocycles. The lowest BCUT2D eigenvalue weighted by Crippen LogP contribution is -2.42. The van der Waals surface area contributed by atoms with Crippen LogP contribution >= 0.6 is 0 Å². The minimum absolute atomic E-state index is 0.393. The number of amides is 2. The van der Waals surface area contributed by atoms with E-state index in [0.29, 0.717) is 31.1 Å². The van der Waals surface area contributed by atoms with Gasteiger partial charge in [-0.05, 0) is 55.8 Å². The molecule has 2 atom stereocenters. The molecule has 1 fully saturated rings. The Morgan fingerprint density at radius 1 is 1.13 bits per heavy atom. The van der Waals surface area contributed by atoms with Crippen molar-refractivity contribution in [1.29, 1.82) is 0 Å². The highest BCUT2D eigenvalue weighted by Gasteiger charge is 2.37.